The fourth-order valence-electron chi connectivity index (χ4n) is 2.08. The van der Waals surface area contributed by atoms with Crippen LogP contribution in [0.4, 0.5) is 0 Å². The second kappa shape index (κ2) is 11.8. The van der Waals surface area contributed by atoms with Crippen LogP contribution in [0.3, 0.4) is 0 Å². The first kappa shape index (κ1) is 17.8. The summed E-state index contributed by atoms with van der Waals surface area (Å²) in [5.74, 6) is 0. The van der Waals surface area contributed by atoms with Gasteiger partial charge < -0.3 is 0 Å². The molecule has 0 atom stereocenters. The van der Waals surface area contributed by atoms with Gasteiger partial charge >= 0.3 is 114 Å². The van der Waals surface area contributed by atoms with Crippen molar-refractivity contribution in [2.45, 2.75) is 86.0 Å². The number of hydrogen-bond acceptors (Lipinski definition) is 1. The van der Waals surface area contributed by atoms with Crippen LogP contribution in [0.1, 0.15) is 71.6 Å². The van der Waals surface area contributed by atoms with Gasteiger partial charge in [0, 0.05) is 0 Å². The molecule has 0 N–H and O–H groups in total. The van der Waals surface area contributed by atoms with Crippen LogP contribution in [0.2, 0.25) is 14.3 Å². The van der Waals surface area contributed by atoms with Gasteiger partial charge in [-0.2, -0.15) is 0 Å². The molecule has 0 aromatic rings. The number of hydrogen-bond donors (Lipinski definition) is 0. The molecule has 17 heavy (non-hydrogen) atoms. The van der Waals surface area contributed by atoms with E-state index in [2.05, 4.69) is 23.7 Å². The topological polar surface area (TPSA) is 9.23 Å². The minimum absolute atomic E-state index is 1.04. The Morgan fingerprint density at radius 2 is 1.24 bits per heavy atom. The predicted molar refractivity (Wildman–Crippen MR) is 81.1 cm³/mol. The van der Waals surface area contributed by atoms with Crippen molar-refractivity contribution in [2.75, 3.05) is 6.61 Å². The molecular formula is C15H34OSn. The van der Waals surface area contributed by atoms with E-state index in [0.717, 1.165) is 6.61 Å². The quantitative estimate of drug-likeness (QED) is 0.322. The standard InChI is InChI=1S/C9H19O.C4H9.2CH3.Sn/c1-2-3-4-5-6-7-8-9-10;1-3-4-2;;;/h2-9H2,1H3;1,3-4H2,2H3;2*1H3;/q-1;;;;+1. The van der Waals surface area contributed by atoms with Crippen LogP contribution in [0.15, 0.2) is 0 Å². The van der Waals surface area contributed by atoms with Crippen molar-refractivity contribution >= 4 is 18.8 Å². The Labute approximate surface area is 114 Å². The van der Waals surface area contributed by atoms with Crippen LogP contribution in [0.25, 0.3) is 0 Å². The summed E-state index contributed by atoms with van der Waals surface area (Å²) in [6.45, 7) is 5.60. The molecule has 0 heterocycles. The van der Waals surface area contributed by atoms with Crippen LogP contribution in [-0.2, 0) is 3.07 Å². The molecule has 0 saturated heterocycles. The van der Waals surface area contributed by atoms with E-state index < -0.39 is 18.8 Å². The van der Waals surface area contributed by atoms with Crippen LogP contribution in [-0.4, -0.2) is 25.4 Å². The van der Waals surface area contributed by atoms with Crippen molar-refractivity contribution in [1.29, 1.82) is 0 Å². The normalized spacial score (nSPS) is 12.0. The van der Waals surface area contributed by atoms with Gasteiger partial charge in [-0.25, -0.2) is 0 Å². The van der Waals surface area contributed by atoms with Crippen LogP contribution < -0.4 is 0 Å². The van der Waals surface area contributed by atoms with Crippen LogP contribution >= 0.6 is 0 Å². The van der Waals surface area contributed by atoms with Gasteiger partial charge in [0.25, 0.3) is 0 Å². The predicted octanol–water partition coefficient (Wildman–Crippen LogP) is 5.76. The molecule has 0 rings (SSSR count). The first-order valence-electron chi connectivity index (χ1n) is 7.76. The third-order valence-corrected chi connectivity index (χ3v) is 10.6. The molecule has 0 unspecified atom stereocenters. The molecule has 0 aliphatic heterocycles. The van der Waals surface area contributed by atoms with E-state index >= 15 is 0 Å². The zero-order chi connectivity index (χ0) is 13.0. The SMILES string of the molecule is CCCCCCCCC[O][Sn]([CH3])([CH3])[CH2]CCC. The van der Waals surface area contributed by atoms with Gasteiger partial charge in [-0.15, -0.1) is 0 Å². The fourth-order valence-corrected chi connectivity index (χ4v) is 7.92. The Balaban J connectivity index is 3.26. The van der Waals surface area contributed by atoms with Crippen molar-refractivity contribution in [1.82, 2.24) is 0 Å². The van der Waals surface area contributed by atoms with E-state index in [1.807, 2.05) is 0 Å². The number of unbranched alkanes of at least 4 members (excludes halogenated alkanes) is 7. The van der Waals surface area contributed by atoms with Gasteiger partial charge in [0.15, 0.2) is 0 Å². The number of rotatable bonds is 12. The molecule has 0 aromatic heterocycles. The molecule has 0 aliphatic rings. The average Bonchev–Trinajstić information content (AvgIpc) is 2.30. The van der Waals surface area contributed by atoms with Gasteiger partial charge in [-0.1, -0.05) is 0 Å². The van der Waals surface area contributed by atoms with Crippen molar-refractivity contribution in [3.63, 3.8) is 0 Å². The Morgan fingerprint density at radius 1 is 0.706 bits per heavy atom. The van der Waals surface area contributed by atoms with Gasteiger partial charge in [0.1, 0.15) is 0 Å². The molecule has 0 amide bonds. The van der Waals surface area contributed by atoms with Crippen molar-refractivity contribution < 1.29 is 3.07 Å². The van der Waals surface area contributed by atoms with Gasteiger partial charge in [-0.05, 0) is 0 Å². The van der Waals surface area contributed by atoms with E-state index in [0.29, 0.717) is 0 Å². The molecule has 2 heteroatoms. The maximum absolute atomic E-state index is 6.17. The molecule has 0 radical (unpaired) electrons. The molecule has 0 fully saturated rings. The summed E-state index contributed by atoms with van der Waals surface area (Å²) in [6, 6.07) is 0. The summed E-state index contributed by atoms with van der Waals surface area (Å²) in [4.78, 5) is 4.87. The van der Waals surface area contributed by atoms with E-state index in [4.69, 9.17) is 3.07 Å². The molecule has 104 valence electrons. The van der Waals surface area contributed by atoms with Gasteiger partial charge in [0.2, 0.25) is 0 Å². The molecule has 0 aliphatic carbocycles. The summed E-state index contributed by atoms with van der Waals surface area (Å²) >= 11 is -2.02. The summed E-state index contributed by atoms with van der Waals surface area (Å²) in [5, 5.41) is 0. The Hall–Kier alpha value is 0.759. The Bertz CT molecular complexity index is 157. The van der Waals surface area contributed by atoms with E-state index in [-0.39, 0.29) is 0 Å². The summed E-state index contributed by atoms with van der Waals surface area (Å²) < 4.78 is 7.57. The summed E-state index contributed by atoms with van der Waals surface area (Å²) in [7, 11) is 0. The second-order valence-corrected chi connectivity index (χ2v) is 18.1. The molecule has 0 bridgehead atoms. The summed E-state index contributed by atoms with van der Waals surface area (Å²) in [6.07, 6.45) is 12.4. The Morgan fingerprint density at radius 3 is 1.82 bits per heavy atom. The van der Waals surface area contributed by atoms with Gasteiger partial charge in [-0.3, -0.25) is 0 Å². The third-order valence-electron chi connectivity index (χ3n) is 3.37. The van der Waals surface area contributed by atoms with Crippen molar-refractivity contribution in [2.24, 2.45) is 0 Å². The first-order valence-corrected chi connectivity index (χ1v) is 16.7. The third kappa shape index (κ3) is 13.0. The van der Waals surface area contributed by atoms with Crippen LogP contribution in [0.5, 0.6) is 0 Å². The Kier molecular flexibility index (Phi) is 12.4. The zero-order valence-electron chi connectivity index (χ0n) is 12.7. The van der Waals surface area contributed by atoms with E-state index in [1.54, 1.807) is 0 Å². The average molecular weight is 349 g/mol. The second-order valence-electron chi connectivity index (χ2n) is 5.83. The van der Waals surface area contributed by atoms with Gasteiger partial charge in [0.05, 0.1) is 0 Å². The summed E-state index contributed by atoms with van der Waals surface area (Å²) in [5.41, 5.74) is 0. The molecular weight excluding hydrogens is 315 g/mol. The monoisotopic (exact) mass is 350 g/mol. The van der Waals surface area contributed by atoms with Crippen LogP contribution in [0, 0.1) is 0 Å². The van der Waals surface area contributed by atoms with E-state index in [1.165, 1.54) is 62.2 Å². The molecule has 1 nitrogen and oxygen atoms in total. The molecule has 0 aromatic carbocycles. The zero-order valence-corrected chi connectivity index (χ0v) is 15.5. The van der Waals surface area contributed by atoms with Crippen molar-refractivity contribution in [3.05, 3.63) is 0 Å². The molecule has 0 saturated carbocycles. The molecule has 0 spiro atoms. The van der Waals surface area contributed by atoms with E-state index in [9.17, 15) is 0 Å². The van der Waals surface area contributed by atoms with Crippen molar-refractivity contribution in [3.8, 4) is 0 Å². The maximum atomic E-state index is 6.17. The minimum atomic E-state index is -2.02. The fraction of sp³-hybridized carbons (Fsp3) is 1.00. The first-order chi connectivity index (χ1) is 8.12.